The van der Waals surface area contributed by atoms with Gasteiger partial charge in [0, 0.05) is 11.6 Å². The van der Waals surface area contributed by atoms with Gasteiger partial charge >= 0.3 is 17.8 Å². The molecule has 0 N–H and O–H groups in total. The first kappa shape index (κ1) is 19.9. The lowest BCUT2D eigenvalue weighted by atomic mass is 9.85. The van der Waals surface area contributed by atoms with E-state index in [9.17, 15) is 19.2 Å². The topological polar surface area (TPSA) is 93.2 Å². The predicted octanol–water partition coefficient (Wildman–Crippen LogP) is 2.26. The molecule has 0 radical (unpaired) electrons. The van der Waals surface area contributed by atoms with Gasteiger partial charge in [0.05, 0.1) is 20.8 Å². The number of carbonyl (C=O) groups excluding carboxylic acids is 4. The zero-order valence-corrected chi connectivity index (χ0v) is 16.3. The van der Waals surface area contributed by atoms with Crippen LogP contribution in [-0.2, 0) is 9.59 Å². The van der Waals surface area contributed by atoms with Crippen LogP contribution in [0.1, 0.15) is 43.0 Å². The molecule has 1 aromatic rings. The average Bonchev–Trinajstić information content (AvgIpc) is 2.91. The lowest BCUT2D eigenvalue weighted by Gasteiger charge is -2.34. The third-order valence-corrected chi connectivity index (χ3v) is 5.49. The van der Waals surface area contributed by atoms with Gasteiger partial charge in [0.15, 0.2) is 17.3 Å². The Morgan fingerprint density at radius 3 is 2.36 bits per heavy atom. The van der Waals surface area contributed by atoms with Crippen molar-refractivity contribution in [3.05, 3.63) is 23.8 Å². The number of ether oxygens (including phenoxy) is 2. The van der Waals surface area contributed by atoms with Gasteiger partial charge in [0.2, 0.25) is 0 Å². The first-order valence-corrected chi connectivity index (χ1v) is 9.33. The van der Waals surface area contributed by atoms with Gasteiger partial charge in [-0.05, 0) is 37.0 Å². The SMILES string of the molecule is COc1ccc(C(=O)CN2C(=O)C(=O)N([C@@H]3CCCC[C@H]3C)C2=O)cc1OC. The quantitative estimate of drug-likeness (QED) is 0.422. The number of hydrogen-bond acceptors (Lipinski definition) is 6. The number of hydrogen-bond donors (Lipinski definition) is 0. The number of benzene rings is 1. The minimum absolute atomic E-state index is 0.135. The van der Waals surface area contributed by atoms with Crippen molar-refractivity contribution in [3.63, 3.8) is 0 Å². The molecule has 1 aromatic carbocycles. The van der Waals surface area contributed by atoms with Crippen LogP contribution in [0.5, 0.6) is 11.5 Å². The molecule has 2 aliphatic rings. The Morgan fingerprint density at radius 1 is 1.04 bits per heavy atom. The summed E-state index contributed by atoms with van der Waals surface area (Å²) in [5.41, 5.74) is 0.259. The lowest BCUT2D eigenvalue weighted by Crippen LogP contribution is -2.46. The van der Waals surface area contributed by atoms with Crippen LogP contribution in [0, 0.1) is 5.92 Å². The zero-order chi connectivity index (χ0) is 20.4. The molecule has 3 rings (SSSR count). The van der Waals surface area contributed by atoms with Gasteiger partial charge in [0.1, 0.15) is 0 Å². The monoisotopic (exact) mass is 388 g/mol. The third-order valence-electron chi connectivity index (χ3n) is 5.49. The van der Waals surface area contributed by atoms with Crippen molar-refractivity contribution in [1.82, 2.24) is 9.80 Å². The molecule has 150 valence electrons. The summed E-state index contributed by atoms with van der Waals surface area (Å²) >= 11 is 0. The van der Waals surface area contributed by atoms with Crippen LogP contribution < -0.4 is 9.47 Å². The van der Waals surface area contributed by atoms with E-state index in [0.717, 1.165) is 29.1 Å². The maximum absolute atomic E-state index is 12.8. The minimum Gasteiger partial charge on any atom is -0.493 e. The molecule has 0 spiro atoms. The highest BCUT2D eigenvalue weighted by Crippen LogP contribution is 2.32. The van der Waals surface area contributed by atoms with Crippen molar-refractivity contribution in [2.45, 2.75) is 38.6 Å². The molecule has 4 amide bonds. The maximum atomic E-state index is 12.8. The number of rotatable bonds is 6. The second-order valence-electron chi connectivity index (χ2n) is 7.17. The summed E-state index contributed by atoms with van der Waals surface area (Å²) in [6.07, 6.45) is 3.54. The van der Waals surface area contributed by atoms with E-state index in [-0.39, 0.29) is 17.5 Å². The van der Waals surface area contributed by atoms with Crippen LogP contribution in [-0.4, -0.2) is 60.2 Å². The van der Waals surface area contributed by atoms with Gasteiger partial charge in [-0.15, -0.1) is 0 Å². The first-order chi connectivity index (χ1) is 13.4. The van der Waals surface area contributed by atoms with Crippen molar-refractivity contribution in [3.8, 4) is 11.5 Å². The Bertz CT molecular complexity index is 821. The average molecular weight is 388 g/mol. The molecule has 1 aliphatic heterocycles. The highest BCUT2D eigenvalue weighted by Gasteiger charge is 2.49. The number of methoxy groups -OCH3 is 2. The summed E-state index contributed by atoms with van der Waals surface area (Å²) in [6, 6.07) is 3.58. The molecule has 2 atom stereocenters. The maximum Gasteiger partial charge on any atom is 0.334 e. The Balaban J connectivity index is 1.78. The molecule has 1 heterocycles. The number of urea groups is 1. The molecule has 0 bridgehead atoms. The Labute approximate surface area is 163 Å². The zero-order valence-electron chi connectivity index (χ0n) is 16.3. The fraction of sp³-hybridized carbons (Fsp3) is 0.500. The summed E-state index contributed by atoms with van der Waals surface area (Å²) in [5, 5.41) is 0. The summed E-state index contributed by atoms with van der Waals surface area (Å²) in [5.74, 6) is -1.30. The van der Waals surface area contributed by atoms with Gasteiger partial charge in [-0.1, -0.05) is 19.8 Å². The highest BCUT2D eigenvalue weighted by molar-refractivity contribution is 6.45. The van der Waals surface area contributed by atoms with E-state index in [1.54, 1.807) is 6.07 Å². The van der Waals surface area contributed by atoms with E-state index in [4.69, 9.17) is 9.47 Å². The largest absolute Gasteiger partial charge is 0.493 e. The van der Waals surface area contributed by atoms with E-state index in [0.29, 0.717) is 17.9 Å². The number of imide groups is 2. The molecule has 2 fully saturated rings. The molecular formula is C20H24N2O6. The van der Waals surface area contributed by atoms with Crippen molar-refractivity contribution in [1.29, 1.82) is 0 Å². The predicted molar refractivity (Wildman–Crippen MR) is 99.3 cm³/mol. The van der Waals surface area contributed by atoms with Crippen LogP contribution in [0.25, 0.3) is 0 Å². The molecule has 1 saturated carbocycles. The van der Waals surface area contributed by atoms with E-state index in [1.807, 2.05) is 6.92 Å². The van der Waals surface area contributed by atoms with E-state index >= 15 is 0 Å². The van der Waals surface area contributed by atoms with Crippen molar-refractivity contribution < 1.29 is 28.7 Å². The third kappa shape index (κ3) is 3.46. The number of amides is 4. The summed E-state index contributed by atoms with van der Waals surface area (Å²) in [6.45, 7) is 1.49. The number of Topliss-reactive ketones (excluding diaryl/α,β-unsaturated/α-hetero) is 1. The Kier molecular flexibility index (Phi) is 5.67. The van der Waals surface area contributed by atoms with Crippen molar-refractivity contribution >= 4 is 23.6 Å². The Hall–Kier alpha value is -2.90. The molecular weight excluding hydrogens is 364 g/mol. The molecule has 1 saturated heterocycles. The highest BCUT2D eigenvalue weighted by atomic mass is 16.5. The molecule has 0 unspecified atom stereocenters. The molecule has 8 nitrogen and oxygen atoms in total. The number of carbonyl (C=O) groups is 4. The van der Waals surface area contributed by atoms with Gasteiger partial charge in [-0.2, -0.15) is 0 Å². The molecule has 8 heteroatoms. The van der Waals surface area contributed by atoms with Crippen molar-refractivity contribution in [2.24, 2.45) is 5.92 Å². The molecule has 0 aromatic heterocycles. The normalized spacial score (nSPS) is 22.6. The first-order valence-electron chi connectivity index (χ1n) is 9.33. The van der Waals surface area contributed by atoms with Gasteiger partial charge in [-0.25, -0.2) is 9.69 Å². The second-order valence-corrected chi connectivity index (χ2v) is 7.17. The van der Waals surface area contributed by atoms with Gasteiger partial charge in [0.25, 0.3) is 0 Å². The molecule has 28 heavy (non-hydrogen) atoms. The summed E-state index contributed by atoms with van der Waals surface area (Å²) < 4.78 is 10.3. The lowest BCUT2D eigenvalue weighted by molar-refractivity contribution is -0.144. The van der Waals surface area contributed by atoms with E-state index < -0.39 is 30.2 Å². The van der Waals surface area contributed by atoms with Crippen molar-refractivity contribution in [2.75, 3.05) is 20.8 Å². The van der Waals surface area contributed by atoms with Crippen LogP contribution in [0.2, 0.25) is 0 Å². The number of nitrogens with zero attached hydrogens (tertiary/aromatic N) is 2. The van der Waals surface area contributed by atoms with Gasteiger partial charge in [-0.3, -0.25) is 19.3 Å². The van der Waals surface area contributed by atoms with Crippen LogP contribution >= 0.6 is 0 Å². The fourth-order valence-electron chi connectivity index (χ4n) is 3.88. The fourth-order valence-corrected chi connectivity index (χ4v) is 3.88. The Morgan fingerprint density at radius 2 is 1.71 bits per heavy atom. The van der Waals surface area contributed by atoms with Crippen LogP contribution in [0.3, 0.4) is 0 Å². The number of ketones is 1. The smallest absolute Gasteiger partial charge is 0.334 e. The summed E-state index contributed by atoms with van der Waals surface area (Å²) in [7, 11) is 2.93. The van der Waals surface area contributed by atoms with Gasteiger partial charge < -0.3 is 9.47 Å². The molecule has 1 aliphatic carbocycles. The van der Waals surface area contributed by atoms with E-state index in [2.05, 4.69) is 0 Å². The summed E-state index contributed by atoms with van der Waals surface area (Å²) in [4.78, 5) is 52.0. The minimum atomic E-state index is -0.948. The van der Waals surface area contributed by atoms with Crippen LogP contribution in [0.15, 0.2) is 18.2 Å². The standard InChI is InChI=1S/C20H24N2O6/c1-12-6-4-5-7-14(12)22-19(25)18(24)21(20(22)26)11-15(23)13-8-9-16(27-2)17(10-13)28-3/h8-10,12,14H,4-7,11H2,1-3H3/t12-,14-/m1/s1. The van der Waals surface area contributed by atoms with E-state index in [1.165, 1.54) is 26.4 Å². The van der Waals surface area contributed by atoms with Crippen LogP contribution in [0.4, 0.5) is 4.79 Å². The second kappa shape index (κ2) is 8.00.